The lowest BCUT2D eigenvalue weighted by Gasteiger charge is -2.33. The topological polar surface area (TPSA) is 77.1 Å². The fourth-order valence-corrected chi connectivity index (χ4v) is 4.41. The van der Waals surface area contributed by atoms with E-state index in [-0.39, 0.29) is 30.7 Å². The van der Waals surface area contributed by atoms with E-state index in [4.69, 9.17) is 0 Å². The number of aromatic nitrogens is 5. The second-order valence-corrected chi connectivity index (χ2v) is 8.93. The number of halogens is 3. The summed E-state index contributed by atoms with van der Waals surface area (Å²) in [6.07, 6.45) is 5.35. The van der Waals surface area contributed by atoms with Crippen molar-refractivity contribution in [2.75, 3.05) is 0 Å². The molecule has 4 rings (SSSR count). The molecule has 1 aliphatic rings. The number of amides is 1. The number of hydrogen-bond acceptors (Lipinski definition) is 4. The van der Waals surface area contributed by atoms with Gasteiger partial charge in [0.2, 0.25) is 5.92 Å². The van der Waals surface area contributed by atoms with Crippen LogP contribution in [0.3, 0.4) is 0 Å². The van der Waals surface area contributed by atoms with E-state index in [1.165, 1.54) is 0 Å². The van der Waals surface area contributed by atoms with E-state index in [1.807, 2.05) is 19.9 Å². The number of nitrogens with one attached hydrogen (secondary N) is 1. The van der Waals surface area contributed by atoms with Crippen molar-refractivity contribution in [2.45, 2.75) is 62.9 Å². The number of imidazole rings is 1. The van der Waals surface area contributed by atoms with Gasteiger partial charge in [-0.15, -0.1) is 0 Å². The lowest BCUT2D eigenvalue weighted by molar-refractivity contribution is -0.0495. The fraction of sp³-hybridized carbons (Fsp3) is 0.524. The van der Waals surface area contributed by atoms with Gasteiger partial charge in [-0.1, -0.05) is 15.9 Å². The summed E-state index contributed by atoms with van der Waals surface area (Å²) in [5.41, 5.74) is 2.69. The summed E-state index contributed by atoms with van der Waals surface area (Å²) >= 11 is 3.41. The monoisotopic (exact) mass is 494 g/mol. The van der Waals surface area contributed by atoms with Crippen molar-refractivity contribution >= 4 is 27.5 Å². The molecule has 1 aliphatic carbocycles. The average molecular weight is 495 g/mol. The minimum absolute atomic E-state index is 0.0182. The van der Waals surface area contributed by atoms with Crippen LogP contribution in [-0.4, -0.2) is 36.2 Å². The lowest BCUT2D eigenvalue weighted by atomic mass is 9.81. The highest BCUT2D eigenvalue weighted by Crippen LogP contribution is 2.41. The average Bonchev–Trinajstić information content (AvgIpc) is 3.38. The maximum atomic E-state index is 13.8. The Labute approximate surface area is 187 Å². The van der Waals surface area contributed by atoms with Gasteiger partial charge in [0, 0.05) is 30.4 Å². The zero-order valence-electron chi connectivity index (χ0n) is 17.4. The van der Waals surface area contributed by atoms with Crippen LogP contribution in [0.5, 0.6) is 0 Å². The molecule has 0 unspecified atom stereocenters. The summed E-state index contributed by atoms with van der Waals surface area (Å²) in [5, 5.41) is 12.3. The van der Waals surface area contributed by atoms with Crippen LogP contribution in [0.15, 0.2) is 30.7 Å². The molecule has 7 nitrogen and oxygen atoms in total. The van der Waals surface area contributed by atoms with Crippen molar-refractivity contribution in [3.8, 4) is 0 Å². The predicted octanol–water partition coefficient (Wildman–Crippen LogP) is 4.70. The maximum Gasteiger partial charge on any atom is 0.270 e. The van der Waals surface area contributed by atoms with Crippen LogP contribution in [0.4, 0.5) is 8.78 Å². The zero-order valence-corrected chi connectivity index (χ0v) is 19.0. The van der Waals surface area contributed by atoms with Gasteiger partial charge >= 0.3 is 0 Å². The van der Waals surface area contributed by atoms with Crippen LogP contribution in [0.2, 0.25) is 0 Å². The van der Waals surface area contributed by atoms with E-state index in [0.29, 0.717) is 35.2 Å². The lowest BCUT2D eigenvalue weighted by Crippen LogP contribution is -2.38. The molecule has 1 atom stereocenters. The first-order chi connectivity index (χ1) is 14.8. The number of rotatable bonds is 6. The summed E-state index contributed by atoms with van der Waals surface area (Å²) in [5.74, 6) is -3.08. The molecule has 1 N–H and O–H groups in total. The molecule has 1 amide bonds. The highest BCUT2D eigenvalue weighted by Gasteiger charge is 2.39. The molecule has 3 aromatic rings. The molecule has 0 radical (unpaired) electrons. The van der Waals surface area contributed by atoms with E-state index in [2.05, 4.69) is 36.4 Å². The van der Waals surface area contributed by atoms with Crippen LogP contribution in [0, 0.1) is 5.92 Å². The highest BCUT2D eigenvalue weighted by atomic mass is 79.9. The molecule has 166 valence electrons. The van der Waals surface area contributed by atoms with Crippen molar-refractivity contribution in [2.24, 2.45) is 5.92 Å². The molecule has 1 saturated carbocycles. The zero-order chi connectivity index (χ0) is 22.2. The normalized spacial score (nSPS) is 17.9. The van der Waals surface area contributed by atoms with Crippen LogP contribution >= 0.6 is 15.9 Å². The van der Waals surface area contributed by atoms with Crippen LogP contribution in [0.25, 0.3) is 5.65 Å². The van der Waals surface area contributed by atoms with Crippen molar-refractivity contribution in [3.05, 3.63) is 47.7 Å². The molecule has 1 fully saturated rings. The van der Waals surface area contributed by atoms with Crippen LogP contribution in [0.1, 0.15) is 73.4 Å². The van der Waals surface area contributed by atoms with Gasteiger partial charge in [0.05, 0.1) is 24.1 Å². The van der Waals surface area contributed by atoms with Crippen molar-refractivity contribution in [1.29, 1.82) is 0 Å². The molecular weight excluding hydrogens is 470 g/mol. The van der Waals surface area contributed by atoms with E-state index in [1.54, 1.807) is 33.9 Å². The minimum Gasteiger partial charge on any atom is -0.342 e. The Hall–Kier alpha value is -2.36. The highest BCUT2D eigenvalue weighted by molar-refractivity contribution is 9.08. The van der Waals surface area contributed by atoms with E-state index >= 15 is 0 Å². The second-order valence-electron chi connectivity index (χ2n) is 8.37. The summed E-state index contributed by atoms with van der Waals surface area (Å²) in [6.45, 7) is 3.89. The van der Waals surface area contributed by atoms with Gasteiger partial charge in [-0.3, -0.25) is 9.48 Å². The molecule has 0 bridgehead atoms. The number of fused-ring (bicyclic) bond motifs is 1. The molecule has 31 heavy (non-hydrogen) atoms. The van der Waals surface area contributed by atoms with Crippen molar-refractivity contribution < 1.29 is 13.6 Å². The third-order valence-electron chi connectivity index (χ3n) is 5.78. The van der Waals surface area contributed by atoms with E-state index < -0.39 is 12.0 Å². The number of alkyl halides is 3. The molecule has 10 heteroatoms. The van der Waals surface area contributed by atoms with Gasteiger partial charge in [-0.2, -0.15) is 10.2 Å². The van der Waals surface area contributed by atoms with Gasteiger partial charge in [0.1, 0.15) is 5.69 Å². The summed E-state index contributed by atoms with van der Waals surface area (Å²) < 4.78 is 30.9. The smallest absolute Gasteiger partial charge is 0.270 e. The largest absolute Gasteiger partial charge is 0.342 e. The van der Waals surface area contributed by atoms with Gasteiger partial charge in [-0.05, 0) is 50.3 Å². The molecular formula is C21H25BrF2N6O. The Morgan fingerprint density at radius 3 is 2.74 bits per heavy atom. The molecule has 0 aliphatic heterocycles. The summed E-state index contributed by atoms with van der Waals surface area (Å²) in [4.78, 5) is 17.8. The minimum atomic E-state index is -2.65. The van der Waals surface area contributed by atoms with Gasteiger partial charge in [0.25, 0.3) is 5.91 Å². The first kappa shape index (κ1) is 21.9. The molecule has 3 aromatic heterocycles. The second kappa shape index (κ2) is 8.64. The summed E-state index contributed by atoms with van der Waals surface area (Å²) in [7, 11) is 0. The Kier molecular flexibility index (Phi) is 6.09. The third kappa shape index (κ3) is 4.63. The Morgan fingerprint density at radius 2 is 2.06 bits per heavy atom. The van der Waals surface area contributed by atoms with Crippen LogP contribution in [-0.2, 0) is 5.33 Å². The SMILES string of the molecule is CC(C)n1nccc1C(=O)N[C@H](c1cn2ncc(CBr)cc2n1)C1CCC(F)(F)CC1. The van der Waals surface area contributed by atoms with E-state index in [9.17, 15) is 13.6 Å². The van der Waals surface area contributed by atoms with E-state index in [0.717, 1.165) is 5.56 Å². The molecule has 0 spiro atoms. The fourth-order valence-electron chi connectivity index (χ4n) is 4.11. The first-order valence-corrected chi connectivity index (χ1v) is 11.5. The standard InChI is InChI=1S/C21H25BrF2N6O/c1-13(2)30-17(5-8-25-30)20(31)28-19(15-3-6-21(23,24)7-4-15)16-12-29-18(27-16)9-14(10-22)11-26-29/h5,8-9,11-13,15,19H,3-4,6-7,10H2,1-2H3,(H,28,31)/t19-/m0/s1. The number of hydrogen-bond donors (Lipinski definition) is 1. The molecule has 0 saturated heterocycles. The Morgan fingerprint density at radius 1 is 1.32 bits per heavy atom. The van der Waals surface area contributed by atoms with Gasteiger partial charge in [0.15, 0.2) is 5.65 Å². The van der Waals surface area contributed by atoms with Crippen LogP contribution < -0.4 is 5.32 Å². The molecule has 3 heterocycles. The van der Waals surface area contributed by atoms with Crippen molar-refractivity contribution in [3.63, 3.8) is 0 Å². The first-order valence-electron chi connectivity index (χ1n) is 10.4. The number of carbonyl (C=O) groups excluding carboxylic acids is 1. The maximum absolute atomic E-state index is 13.8. The number of carbonyl (C=O) groups is 1. The Bertz CT molecular complexity index is 1070. The molecule has 0 aromatic carbocycles. The quantitative estimate of drug-likeness (QED) is 0.503. The summed E-state index contributed by atoms with van der Waals surface area (Å²) in [6, 6.07) is 3.10. The van der Waals surface area contributed by atoms with Crippen molar-refractivity contribution in [1.82, 2.24) is 29.7 Å². The van der Waals surface area contributed by atoms with Gasteiger partial charge in [-0.25, -0.2) is 18.3 Å². The Balaban J connectivity index is 1.66. The van der Waals surface area contributed by atoms with Gasteiger partial charge < -0.3 is 5.32 Å². The predicted molar refractivity (Wildman–Crippen MR) is 115 cm³/mol. The third-order valence-corrected chi connectivity index (χ3v) is 6.43. The number of nitrogens with zero attached hydrogens (tertiary/aromatic N) is 5.